The topological polar surface area (TPSA) is 67.6 Å². The molecule has 0 spiro atoms. The van der Waals surface area contributed by atoms with Crippen molar-refractivity contribution in [3.8, 4) is 11.3 Å². The van der Waals surface area contributed by atoms with E-state index < -0.39 is 0 Å². The van der Waals surface area contributed by atoms with E-state index in [4.69, 9.17) is 5.73 Å². The van der Waals surface area contributed by atoms with Crippen molar-refractivity contribution in [2.75, 3.05) is 5.73 Å². The molecule has 0 aliphatic rings. The lowest BCUT2D eigenvalue weighted by Gasteiger charge is -1.97. The number of hydrogen-bond donors (Lipinski definition) is 2. The summed E-state index contributed by atoms with van der Waals surface area (Å²) < 4.78 is 0. The number of nitrogens with two attached hydrogens (primary N) is 1. The molecule has 0 radical (unpaired) electrons. The number of H-pyrrole nitrogens is 1. The third-order valence-electron chi connectivity index (χ3n) is 2.06. The minimum atomic E-state index is 0.527. The van der Waals surface area contributed by atoms with Gasteiger partial charge in [-0.3, -0.25) is 0 Å². The van der Waals surface area contributed by atoms with Crippen LogP contribution in [0, 0.1) is 13.8 Å². The zero-order valence-corrected chi connectivity index (χ0v) is 8.20. The van der Waals surface area contributed by atoms with Crippen LogP contribution in [0.2, 0.25) is 0 Å². The highest BCUT2D eigenvalue weighted by molar-refractivity contribution is 5.61. The Hall–Kier alpha value is -1.84. The fourth-order valence-electron chi connectivity index (χ4n) is 1.44. The van der Waals surface area contributed by atoms with Crippen LogP contribution in [-0.2, 0) is 0 Å². The zero-order valence-electron chi connectivity index (χ0n) is 8.20. The van der Waals surface area contributed by atoms with Gasteiger partial charge in [-0.2, -0.15) is 0 Å². The van der Waals surface area contributed by atoms with Gasteiger partial charge in [0.15, 0.2) is 0 Å². The molecular formula is C10H12N4. The fraction of sp³-hybridized carbons (Fsp3) is 0.200. The number of nitrogens with zero attached hydrogens (tertiary/aromatic N) is 2. The summed E-state index contributed by atoms with van der Waals surface area (Å²) in [6, 6.07) is 3.70. The first kappa shape index (κ1) is 8.74. The second-order valence-corrected chi connectivity index (χ2v) is 3.27. The molecule has 2 aromatic heterocycles. The highest BCUT2D eigenvalue weighted by Crippen LogP contribution is 2.20. The van der Waals surface area contributed by atoms with E-state index >= 15 is 0 Å². The maximum absolute atomic E-state index is 5.51. The van der Waals surface area contributed by atoms with Crippen LogP contribution in [0.4, 0.5) is 5.82 Å². The summed E-state index contributed by atoms with van der Waals surface area (Å²) >= 11 is 0. The summed E-state index contributed by atoms with van der Waals surface area (Å²) in [6.07, 6.45) is 1.73. The molecule has 72 valence electrons. The Morgan fingerprint density at radius 1 is 1.29 bits per heavy atom. The van der Waals surface area contributed by atoms with Crippen LogP contribution in [0.15, 0.2) is 18.3 Å². The maximum Gasteiger partial charge on any atom is 0.123 e. The monoisotopic (exact) mass is 188 g/mol. The van der Waals surface area contributed by atoms with E-state index in [9.17, 15) is 0 Å². The molecule has 0 aliphatic carbocycles. The van der Waals surface area contributed by atoms with Crippen molar-refractivity contribution < 1.29 is 0 Å². The van der Waals surface area contributed by atoms with Gasteiger partial charge in [0.2, 0.25) is 0 Å². The molecule has 2 aromatic rings. The molecular weight excluding hydrogens is 176 g/mol. The highest BCUT2D eigenvalue weighted by Gasteiger charge is 2.06. The Balaban J connectivity index is 2.49. The van der Waals surface area contributed by atoms with Crippen molar-refractivity contribution in [2.24, 2.45) is 0 Å². The van der Waals surface area contributed by atoms with E-state index in [2.05, 4.69) is 15.0 Å². The minimum absolute atomic E-state index is 0.527. The Kier molecular flexibility index (Phi) is 1.96. The summed E-state index contributed by atoms with van der Waals surface area (Å²) in [4.78, 5) is 11.6. The van der Waals surface area contributed by atoms with E-state index in [1.54, 1.807) is 12.3 Å². The number of rotatable bonds is 1. The quantitative estimate of drug-likeness (QED) is 0.715. The first-order valence-corrected chi connectivity index (χ1v) is 4.42. The molecule has 0 aliphatic heterocycles. The van der Waals surface area contributed by atoms with Crippen molar-refractivity contribution in [2.45, 2.75) is 13.8 Å². The molecule has 0 bridgehead atoms. The number of aromatic nitrogens is 3. The van der Waals surface area contributed by atoms with Crippen LogP contribution in [-0.4, -0.2) is 15.0 Å². The van der Waals surface area contributed by atoms with E-state index in [0.29, 0.717) is 5.82 Å². The molecule has 2 rings (SSSR count). The van der Waals surface area contributed by atoms with Crippen molar-refractivity contribution in [3.63, 3.8) is 0 Å². The summed E-state index contributed by atoms with van der Waals surface area (Å²) in [6.45, 7) is 3.92. The molecule has 0 fully saturated rings. The van der Waals surface area contributed by atoms with Gasteiger partial charge in [-0.25, -0.2) is 9.97 Å². The second-order valence-electron chi connectivity index (χ2n) is 3.27. The van der Waals surface area contributed by atoms with Crippen molar-refractivity contribution >= 4 is 5.82 Å². The number of nitrogens with one attached hydrogen (secondary N) is 1. The summed E-state index contributed by atoms with van der Waals surface area (Å²) in [5.41, 5.74) is 8.49. The Labute approximate surface area is 82.2 Å². The van der Waals surface area contributed by atoms with Gasteiger partial charge in [-0.1, -0.05) is 0 Å². The van der Waals surface area contributed by atoms with E-state index in [-0.39, 0.29) is 0 Å². The largest absolute Gasteiger partial charge is 0.384 e. The molecule has 0 atom stereocenters. The number of nitrogen functional groups attached to an aromatic ring is 1. The molecule has 3 N–H and O–H groups in total. The first-order chi connectivity index (χ1) is 6.66. The average Bonchev–Trinajstić information content (AvgIpc) is 2.47. The van der Waals surface area contributed by atoms with Gasteiger partial charge in [0.25, 0.3) is 0 Å². The third-order valence-corrected chi connectivity index (χ3v) is 2.06. The minimum Gasteiger partial charge on any atom is -0.384 e. The van der Waals surface area contributed by atoms with Crippen LogP contribution in [0.3, 0.4) is 0 Å². The van der Waals surface area contributed by atoms with Gasteiger partial charge < -0.3 is 10.7 Å². The summed E-state index contributed by atoms with van der Waals surface area (Å²) in [5.74, 6) is 1.44. The smallest absolute Gasteiger partial charge is 0.123 e. The lowest BCUT2D eigenvalue weighted by atomic mass is 10.2. The Morgan fingerprint density at radius 3 is 2.57 bits per heavy atom. The summed E-state index contributed by atoms with van der Waals surface area (Å²) in [5, 5.41) is 0. The molecule has 0 saturated heterocycles. The first-order valence-electron chi connectivity index (χ1n) is 4.42. The number of anilines is 1. The molecule has 0 saturated carbocycles. The van der Waals surface area contributed by atoms with Gasteiger partial charge in [0.1, 0.15) is 11.6 Å². The average molecular weight is 188 g/mol. The van der Waals surface area contributed by atoms with Gasteiger partial charge in [0.05, 0.1) is 5.69 Å². The zero-order chi connectivity index (χ0) is 10.1. The summed E-state index contributed by atoms with van der Waals surface area (Å²) in [7, 11) is 0. The van der Waals surface area contributed by atoms with Crippen molar-refractivity contribution in [3.05, 3.63) is 29.8 Å². The molecule has 4 heteroatoms. The van der Waals surface area contributed by atoms with E-state index in [1.807, 2.05) is 19.9 Å². The molecule has 0 amide bonds. The SMILES string of the molecule is Cc1nc(-c2ccc(N)nc2)c(C)[nH]1. The predicted octanol–water partition coefficient (Wildman–Crippen LogP) is 1.67. The maximum atomic E-state index is 5.51. The van der Waals surface area contributed by atoms with E-state index in [1.165, 1.54) is 0 Å². The number of aromatic amines is 1. The van der Waals surface area contributed by atoms with Gasteiger partial charge >= 0.3 is 0 Å². The highest BCUT2D eigenvalue weighted by atomic mass is 14.9. The van der Waals surface area contributed by atoms with Gasteiger partial charge in [-0.05, 0) is 26.0 Å². The van der Waals surface area contributed by atoms with Gasteiger partial charge in [0, 0.05) is 17.5 Å². The normalized spacial score (nSPS) is 10.4. The molecule has 0 aromatic carbocycles. The van der Waals surface area contributed by atoms with Crippen LogP contribution >= 0.6 is 0 Å². The lowest BCUT2D eigenvalue weighted by Crippen LogP contribution is -1.89. The number of pyridine rings is 1. The Bertz CT molecular complexity index is 442. The standard InChI is InChI=1S/C10H12N4/c1-6-10(14-7(2)13-6)8-3-4-9(11)12-5-8/h3-5H,1-2H3,(H2,11,12)(H,13,14). The van der Waals surface area contributed by atoms with Crippen LogP contribution in [0.5, 0.6) is 0 Å². The molecule has 2 heterocycles. The van der Waals surface area contributed by atoms with Crippen molar-refractivity contribution in [1.29, 1.82) is 0 Å². The second kappa shape index (κ2) is 3.14. The number of hydrogen-bond acceptors (Lipinski definition) is 3. The van der Waals surface area contributed by atoms with Crippen LogP contribution in [0.1, 0.15) is 11.5 Å². The van der Waals surface area contributed by atoms with Crippen molar-refractivity contribution in [1.82, 2.24) is 15.0 Å². The predicted molar refractivity (Wildman–Crippen MR) is 55.7 cm³/mol. The molecule has 0 unspecified atom stereocenters. The molecule has 14 heavy (non-hydrogen) atoms. The van der Waals surface area contributed by atoms with E-state index in [0.717, 1.165) is 22.8 Å². The number of imidazole rings is 1. The Morgan fingerprint density at radius 2 is 2.07 bits per heavy atom. The third kappa shape index (κ3) is 1.46. The van der Waals surface area contributed by atoms with Crippen LogP contribution < -0.4 is 5.73 Å². The van der Waals surface area contributed by atoms with Crippen LogP contribution in [0.25, 0.3) is 11.3 Å². The van der Waals surface area contributed by atoms with Gasteiger partial charge in [-0.15, -0.1) is 0 Å². The molecule has 4 nitrogen and oxygen atoms in total. The fourth-order valence-corrected chi connectivity index (χ4v) is 1.44. The lowest BCUT2D eigenvalue weighted by molar-refractivity contribution is 1.13. The number of aryl methyl sites for hydroxylation is 2.